The molecular formula is C16H24N2O. The SMILES string of the molecule is COc1cc(C(C)C)ccc1C(C)(C)CNCC#N. The molecule has 0 aliphatic carbocycles. The lowest BCUT2D eigenvalue weighted by Crippen LogP contribution is -2.33. The number of nitriles is 1. The van der Waals surface area contributed by atoms with E-state index in [1.807, 2.05) is 0 Å². The Morgan fingerprint density at radius 1 is 1.37 bits per heavy atom. The number of ether oxygens (including phenoxy) is 1. The van der Waals surface area contributed by atoms with Crippen molar-refractivity contribution in [3.05, 3.63) is 29.3 Å². The highest BCUT2D eigenvalue weighted by atomic mass is 16.5. The fourth-order valence-electron chi connectivity index (χ4n) is 2.15. The zero-order chi connectivity index (χ0) is 14.5. The monoisotopic (exact) mass is 260 g/mol. The van der Waals surface area contributed by atoms with Crippen molar-refractivity contribution in [3.8, 4) is 11.8 Å². The minimum absolute atomic E-state index is 0.0717. The van der Waals surface area contributed by atoms with E-state index in [-0.39, 0.29) is 5.41 Å². The number of hydrogen-bond acceptors (Lipinski definition) is 3. The first-order valence-electron chi connectivity index (χ1n) is 6.68. The summed E-state index contributed by atoms with van der Waals surface area (Å²) in [6.45, 7) is 9.78. The van der Waals surface area contributed by atoms with E-state index in [9.17, 15) is 0 Å². The molecule has 1 N–H and O–H groups in total. The molecule has 0 aromatic heterocycles. The minimum Gasteiger partial charge on any atom is -0.496 e. The Hall–Kier alpha value is -1.53. The summed E-state index contributed by atoms with van der Waals surface area (Å²) in [4.78, 5) is 0. The van der Waals surface area contributed by atoms with Crippen molar-refractivity contribution >= 4 is 0 Å². The van der Waals surface area contributed by atoms with E-state index in [1.54, 1.807) is 7.11 Å². The van der Waals surface area contributed by atoms with Crippen molar-refractivity contribution in [1.82, 2.24) is 5.32 Å². The van der Waals surface area contributed by atoms with Gasteiger partial charge in [-0.05, 0) is 17.5 Å². The predicted molar refractivity (Wildman–Crippen MR) is 78.6 cm³/mol. The summed E-state index contributed by atoms with van der Waals surface area (Å²) in [7, 11) is 1.71. The quantitative estimate of drug-likeness (QED) is 0.631. The lowest BCUT2D eigenvalue weighted by Gasteiger charge is -2.28. The van der Waals surface area contributed by atoms with Crippen molar-refractivity contribution in [3.63, 3.8) is 0 Å². The molecule has 0 atom stereocenters. The Morgan fingerprint density at radius 3 is 2.58 bits per heavy atom. The van der Waals surface area contributed by atoms with Gasteiger partial charge in [-0.15, -0.1) is 0 Å². The Labute approximate surface area is 116 Å². The number of rotatable bonds is 6. The highest BCUT2D eigenvalue weighted by Crippen LogP contribution is 2.33. The van der Waals surface area contributed by atoms with Gasteiger partial charge in [-0.2, -0.15) is 5.26 Å². The topological polar surface area (TPSA) is 45.0 Å². The molecule has 0 amide bonds. The lowest BCUT2D eigenvalue weighted by atomic mass is 9.82. The summed E-state index contributed by atoms with van der Waals surface area (Å²) in [6.07, 6.45) is 0. The molecule has 0 aliphatic rings. The highest BCUT2D eigenvalue weighted by Gasteiger charge is 2.24. The van der Waals surface area contributed by atoms with Crippen LogP contribution in [0.1, 0.15) is 44.7 Å². The Balaban J connectivity index is 3.02. The van der Waals surface area contributed by atoms with Crippen LogP contribution in [0.5, 0.6) is 5.75 Å². The second-order valence-corrected chi connectivity index (χ2v) is 5.76. The summed E-state index contributed by atoms with van der Waals surface area (Å²) >= 11 is 0. The van der Waals surface area contributed by atoms with Gasteiger partial charge in [0.05, 0.1) is 19.7 Å². The van der Waals surface area contributed by atoms with E-state index in [0.717, 1.165) is 12.3 Å². The molecule has 0 aliphatic heterocycles. The van der Waals surface area contributed by atoms with Crippen LogP contribution in [-0.4, -0.2) is 20.2 Å². The average Bonchev–Trinajstić information content (AvgIpc) is 2.38. The molecule has 19 heavy (non-hydrogen) atoms. The van der Waals surface area contributed by atoms with Crippen molar-refractivity contribution in [2.75, 3.05) is 20.2 Å². The number of nitrogens with one attached hydrogen (secondary N) is 1. The second-order valence-electron chi connectivity index (χ2n) is 5.76. The van der Waals surface area contributed by atoms with Crippen LogP contribution in [0.25, 0.3) is 0 Å². The van der Waals surface area contributed by atoms with Crippen LogP contribution in [0, 0.1) is 11.3 Å². The summed E-state index contributed by atoms with van der Waals surface area (Å²) in [5.74, 6) is 1.41. The van der Waals surface area contributed by atoms with Crippen LogP contribution in [-0.2, 0) is 5.41 Å². The molecule has 1 aromatic carbocycles. The van der Waals surface area contributed by atoms with Gasteiger partial charge in [0.1, 0.15) is 5.75 Å². The van der Waals surface area contributed by atoms with Gasteiger partial charge < -0.3 is 10.1 Å². The van der Waals surface area contributed by atoms with Crippen LogP contribution < -0.4 is 10.1 Å². The minimum atomic E-state index is -0.0717. The van der Waals surface area contributed by atoms with Gasteiger partial charge >= 0.3 is 0 Å². The van der Waals surface area contributed by atoms with Gasteiger partial charge in [0, 0.05) is 17.5 Å². The molecule has 3 nitrogen and oxygen atoms in total. The molecule has 1 aromatic rings. The van der Waals surface area contributed by atoms with E-state index >= 15 is 0 Å². The summed E-state index contributed by atoms with van der Waals surface area (Å²) in [5.41, 5.74) is 2.38. The molecule has 0 bridgehead atoms. The van der Waals surface area contributed by atoms with Crippen molar-refractivity contribution in [2.24, 2.45) is 0 Å². The summed E-state index contributed by atoms with van der Waals surface area (Å²) in [6, 6.07) is 8.52. The van der Waals surface area contributed by atoms with E-state index in [4.69, 9.17) is 10.00 Å². The van der Waals surface area contributed by atoms with Gasteiger partial charge in [-0.3, -0.25) is 0 Å². The van der Waals surface area contributed by atoms with Crippen molar-refractivity contribution in [2.45, 2.75) is 39.0 Å². The maximum Gasteiger partial charge on any atom is 0.122 e. The Morgan fingerprint density at radius 2 is 2.05 bits per heavy atom. The zero-order valence-electron chi connectivity index (χ0n) is 12.6. The third kappa shape index (κ3) is 3.97. The molecule has 0 unspecified atom stereocenters. The van der Waals surface area contributed by atoms with Gasteiger partial charge in [0.25, 0.3) is 0 Å². The van der Waals surface area contributed by atoms with Gasteiger partial charge in [0.15, 0.2) is 0 Å². The van der Waals surface area contributed by atoms with E-state index < -0.39 is 0 Å². The molecule has 104 valence electrons. The Bertz CT molecular complexity index is 458. The van der Waals surface area contributed by atoms with Crippen LogP contribution >= 0.6 is 0 Å². The molecule has 0 fully saturated rings. The molecule has 0 heterocycles. The molecule has 0 radical (unpaired) electrons. The van der Waals surface area contributed by atoms with Crippen molar-refractivity contribution < 1.29 is 4.74 Å². The molecule has 1 rings (SSSR count). The van der Waals surface area contributed by atoms with Gasteiger partial charge in [0.2, 0.25) is 0 Å². The first-order chi connectivity index (χ1) is 8.92. The number of methoxy groups -OCH3 is 1. The van der Waals surface area contributed by atoms with E-state index in [2.05, 4.69) is 57.3 Å². The molecule has 0 spiro atoms. The smallest absolute Gasteiger partial charge is 0.122 e. The highest BCUT2D eigenvalue weighted by molar-refractivity contribution is 5.43. The maximum absolute atomic E-state index is 8.59. The van der Waals surface area contributed by atoms with E-state index in [0.29, 0.717) is 12.5 Å². The molecule has 0 saturated carbocycles. The van der Waals surface area contributed by atoms with Crippen LogP contribution in [0.3, 0.4) is 0 Å². The largest absolute Gasteiger partial charge is 0.496 e. The van der Waals surface area contributed by atoms with Gasteiger partial charge in [-0.1, -0.05) is 39.8 Å². The number of nitrogens with zero attached hydrogens (tertiary/aromatic N) is 1. The summed E-state index contributed by atoms with van der Waals surface area (Å²) in [5, 5.41) is 11.7. The van der Waals surface area contributed by atoms with Gasteiger partial charge in [-0.25, -0.2) is 0 Å². The fourth-order valence-corrected chi connectivity index (χ4v) is 2.15. The number of hydrogen-bond donors (Lipinski definition) is 1. The first-order valence-corrected chi connectivity index (χ1v) is 6.68. The molecule has 3 heteroatoms. The lowest BCUT2D eigenvalue weighted by molar-refractivity contribution is 0.387. The normalized spacial score (nSPS) is 11.4. The van der Waals surface area contributed by atoms with Crippen LogP contribution in [0.2, 0.25) is 0 Å². The standard InChI is InChI=1S/C16H24N2O/c1-12(2)13-6-7-14(15(10-13)19-5)16(3,4)11-18-9-8-17/h6-7,10,12,18H,9,11H2,1-5H3. The fraction of sp³-hybridized carbons (Fsp3) is 0.562. The first kappa shape index (κ1) is 15.5. The third-order valence-corrected chi connectivity index (χ3v) is 3.39. The maximum atomic E-state index is 8.59. The summed E-state index contributed by atoms with van der Waals surface area (Å²) < 4.78 is 5.54. The Kier molecular flexibility index (Phi) is 5.38. The van der Waals surface area contributed by atoms with E-state index in [1.165, 1.54) is 11.1 Å². The molecule has 0 saturated heterocycles. The average molecular weight is 260 g/mol. The third-order valence-electron chi connectivity index (χ3n) is 3.39. The zero-order valence-corrected chi connectivity index (χ0v) is 12.6. The molecular weight excluding hydrogens is 236 g/mol. The second kappa shape index (κ2) is 6.58. The number of benzene rings is 1. The predicted octanol–water partition coefficient (Wildman–Crippen LogP) is 3.21. The van der Waals surface area contributed by atoms with Crippen LogP contribution in [0.4, 0.5) is 0 Å². The van der Waals surface area contributed by atoms with Crippen LogP contribution in [0.15, 0.2) is 18.2 Å². The van der Waals surface area contributed by atoms with Crippen molar-refractivity contribution in [1.29, 1.82) is 5.26 Å².